The second kappa shape index (κ2) is 4.38. The normalized spacial score (nSPS) is 29.8. The summed E-state index contributed by atoms with van der Waals surface area (Å²) >= 11 is 6.26. The van der Waals surface area contributed by atoms with Crippen LogP contribution in [0.15, 0.2) is 12.1 Å². The van der Waals surface area contributed by atoms with Crippen molar-refractivity contribution in [1.82, 2.24) is 0 Å². The molecule has 2 heteroatoms. The third-order valence-corrected chi connectivity index (χ3v) is 5.24. The van der Waals surface area contributed by atoms with Crippen molar-refractivity contribution in [2.45, 2.75) is 39.5 Å². The second-order valence-electron chi connectivity index (χ2n) is 6.06. The Labute approximate surface area is 114 Å². The van der Waals surface area contributed by atoms with Gasteiger partial charge >= 0.3 is 0 Å². The molecule has 2 fully saturated rings. The van der Waals surface area contributed by atoms with E-state index >= 15 is 0 Å². The molecule has 2 aliphatic carbocycles. The first-order chi connectivity index (χ1) is 8.56. The van der Waals surface area contributed by atoms with Gasteiger partial charge in [0.05, 0.1) is 5.02 Å². The summed E-state index contributed by atoms with van der Waals surface area (Å²) in [7, 11) is 0. The van der Waals surface area contributed by atoms with E-state index in [4.69, 9.17) is 11.6 Å². The predicted molar refractivity (Wildman–Crippen MR) is 74.2 cm³/mol. The van der Waals surface area contributed by atoms with Crippen molar-refractivity contribution in [3.05, 3.63) is 33.8 Å². The molecule has 0 N–H and O–H groups in total. The summed E-state index contributed by atoms with van der Waals surface area (Å²) < 4.78 is 0. The lowest BCUT2D eigenvalue weighted by atomic mass is 9.83. The van der Waals surface area contributed by atoms with Crippen LogP contribution in [0.3, 0.4) is 0 Å². The molecule has 2 aliphatic rings. The minimum absolute atomic E-state index is 0.239. The number of ketones is 1. The largest absolute Gasteiger partial charge is 0.294 e. The first-order valence-electron chi connectivity index (χ1n) is 6.87. The van der Waals surface area contributed by atoms with Crippen molar-refractivity contribution >= 4 is 17.4 Å². The smallest absolute Gasteiger partial charge is 0.167 e. The highest BCUT2D eigenvalue weighted by Crippen LogP contribution is 2.49. The zero-order valence-electron chi connectivity index (χ0n) is 11.0. The van der Waals surface area contributed by atoms with Crippen LogP contribution in [0, 0.1) is 31.6 Å². The summed E-state index contributed by atoms with van der Waals surface area (Å²) in [4.78, 5) is 12.6. The summed E-state index contributed by atoms with van der Waals surface area (Å²) in [6.07, 6.45) is 4.92. The zero-order valence-corrected chi connectivity index (χ0v) is 11.8. The first kappa shape index (κ1) is 12.2. The highest BCUT2D eigenvalue weighted by atomic mass is 35.5. The Morgan fingerprint density at radius 1 is 1.17 bits per heavy atom. The Bertz CT molecular complexity index is 506. The Morgan fingerprint density at radius 2 is 1.89 bits per heavy atom. The Balaban J connectivity index is 1.91. The van der Waals surface area contributed by atoms with E-state index in [1.54, 1.807) is 0 Å². The fourth-order valence-corrected chi connectivity index (χ4v) is 4.05. The van der Waals surface area contributed by atoms with Crippen molar-refractivity contribution in [2.24, 2.45) is 17.8 Å². The highest BCUT2D eigenvalue weighted by molar-refractivity contribution is 6.34. The average Bonchev–Trinajstić information content (AvgIpc) is 2.95. The standard InChI is InChI=1S/C16H19ClO/c1-9-5-14(15(17)6-10(9)2)16(18)13-8-11-3-4-12(13)7-11/h5-6,11-13H,3-4,7-8H2,1-2H3. The summed E-state index contributed by atoms with van der Waals surface area (Å²) in [5.74, 6) is 1.95. The molecule has 3 rings (SSSR count). The molecule has 3 unspecified atom stereocenters. The molecular formula is C16H19ClO. The molecule has 96 valence electrons. The molecule has 0 aliphatic heterocycles. The van der Waals surface area contributed by atoms with Crippen molar-refractivity contribution < 1.29 is 4.79 Å². The molecule has 0 amide bonds. The number of carbonyl (C=O) groups is 1. The van der Waals surface area contributed by atoms with Crippen molar-refractivity contribution in [3.8, 4) is 0 Å². The maximum absolute atomic E-state index is 12.6. The van der Waals surface area contributed by atoms with Crippen LogP contribution in [0.2, 0.25) is 5.02 Å². The summed E-state index contributed by atoms with van der Waals surface area (Å²) in [6, 6.07) is 3.91. The number of Topliss-reactive ketones (excluding diaryl/α,β-unsaturated/α-hetero) is 1. The molecule has 0 spiro atoms. The van der Waals surface area contributed by atoms with Crippen molar-refractivity contribution in [3.63, 3.8) is 0 Å². The third kappa shape index (κ3) is 1.89. The van der Waals surface area contributed by atoms with Crippen molar-refractivity contribution in [1.29, 1.82) is 0 Å². The van der Waals surface area contributed by atoms with Gasteiger partial charge in [-0.25, -0.2) is 0 Å². The van der Waals surface area contributed by atoms with Crippen LogP contribution in [0.25, 0.3) is 0 Å². The maximum Gasteiger partial charge on any atom is 0.167 e. The van der Waals surface area contributed by atoms with Gasteiger partial charge in [-0.15, -0.1) is 0 Å². The summed E-state index contributed by atoms with van der Waals surface area (Å²) in [5.41, 5.74) is 3.06. The molecule has 18 heavy (non-hydrogen) atoms. The number of hydrogen-bond acceptors (Lipinski definition) is 1. The topological polar surface area (TPSA) is 17.1 Å². The number of rotatable bonds is 2. The summed E-state index contributed by atoms with van der Waals surface area (Å²) in [6.45, 7) is 4.08. The number of fused-ring (bicyclic) bond motifs is 2. The van der Waals surface area contributed by atoms with Crippen LogP contribution in [-0.2, 0) is 0 Å². The molecule has 0 aromatic heterocycles. The predicted octanol–water partition coefficient (Wildman–Crippen LogP) is 4.58. The molecule has 0 heterocycles. The second-order valence-corrected chi connectivity index (χ2v) is 6.47. The molecule has 1 aromatic carbocycles. The number of benzene rings is 1. The Kier molecular flexibility index (Phi) is 2.97. The number of halogens is 1. The van der Waals surface area contributed by atoms with Crippen molar-refractivity contribution in [2.75, 3.05) is 0 Å². The van der Waals surface area contributed by atoms with E-state index in [-0.39, 0.29) is 11.7 Å². The lowest BCUT2D eigenvalue weighted by Crippen LogP contribution is -2.21. The van der Waals surface area contributed by atoms with Gasteiger partial charge in [0.25, 0.3) is 0 Å². The summed E-state index contributed by atoms with van der Waals surface area (Å²) in [5, 5.41) is 0.630. The van der Waals surface area contributed by atoms with Gasteiger partial charge in [0.15, 0.2) is 5.78 Å². The monoisotopic (exact) mass is 262 g/mol. The maximum atomic E-state index is 12.6. The fourth-order valence-electron chi connectivity index (χ4n) is 3.74. The van der Waals surface area contributed by atoms with Crippen LogP contribution in [-0.4, -0.2) is 5.78 Å². The van der Waals surface area contributed by atoms with E-state index in [9.17, 15) is 4.79 Å². The molecule has 2 bridgehead atoms. The quantitative estimate of drug-likeness (QED) is 0.713. The molecule has 1 nitrogen and oxygen atoms in total. The first-order valence-corrected chi connectivity index (χ1v) is 7.25. The number of carbonyl (C=O) groups excluding carboxylic acids is 1. The average molecular weight is 263 g/mol. The van der Waals surface area contributed by atoms with Gasteiger partial charge in [-0.3, -0.25) is 4.79 Å². The molecule has 1 aromatic rings. The van der Waals surface area contributed by atoms with Gasteiger partial charge in [0.2, 0.25) is 0 Å². The van der Waals surface area contributed by atoms with Gasteiger partial charge in [-0.2, -0.15) is 0 Å². The third-order valence-electron chi connectivity index (χ3n) is 4.92. The number of aryl methyl sites for hydroxylation is 2. The van der Waals surface area contributed by atoms with Gasteiger partial charge in [0, 0.05) is 11.5 Å². The van der Waals surface area contributed by atoms with E-state index in [0.717, 1.165) is 29.0 Å². The minimum atomic E-state index is 0.239. The van der Waals surface area contributed by atoms with Gasteiger partial charge in [-0.1, -0.05) is 18.0 Å². The number of hydrogen-bond donors (Lipinski definition) is 0. The molecule has 3 atom stereocenters. The SMILES string of the molecule is Cc1cc(Cl)c(C(=O)C2CC3CCC2C3)cc1C. The van der Waals surface area contributed by atoms with Crippen LogP contribution in [0.5, 0.6) is 0 Å². The molecule has 0 radical (unpaired) electrons. The van der Waals surface area contributed by atoms with E-state index in [1.165, 1.54) is 19.3 Å². The van der Waals surface area contributed by atoms with E-state index < -0.39 is 0 Å². The van der Waals surface area contributed by atoms with Gasteiger partial charge < -0.3 is 0 Å². The molecule has 0 saturated heterocycles. The van der Waals surface area contributed by atoms with Gasteiger partial charge in [-0.05, 0) is 68.2 Å². The van der Waals surface area contributed by atoms with Gasteiger partial charge in [0.1, 0.15) is 0 Å². The van der Waals surface area contributed by atoms with Crippen LogP contribution >= 0.6 is 11.6 Å². The van der Waals surface area contributed by atoms with E-state index in [1.807, 2.05) is 26.0 Å². The molecule has 2 saturated carbocycles. The van der Waals surface area contributed by atoms with Crippen LogP contribution in [0.4, 0.5) is 0 Å². The Morgan fingerprint density at radius 3 is 2.50 bits per heavy atom. The fraction of sp³-hybridized carbons (Fsp3) is 0.562. The van der Waals surface area contributed by atoms with Crippen LogP contribution < -0.4 is 0 Å². The Hall–Kier alpha value is -0.820. The van der Waals surface area contributed by atoms with E-state index in [0.29, 0.717) is 10.9 Å². The van der Waals surface area contributed by atoms with E-state index in [2.05, 4.69) is 0 Å². The highest BCUT2D eigenvalue weighted by Gasteiger charge is 2.43. The lowest BCUT2D eigenvalue weighted by molar-refractivity contribution is 0.0875. The lowest BCUT2D eigenvalue weighted by Gasteiger charge is -2.21. The zero-order chi connectivity index (χ0) is 12.9. The van der Waals surface area contributed by atoms with Crippen LogP contribution in [0.1, 0.15) is 47.2 Å². The molecular weight excluding hydrogens is 244 g/mol. The minimum Gasteiger partial charge on any atom is -0.294 e.